The van der Waals surface area contributed by atoms with Crippen molar-refractivity contribution >= 4 is 34.1 Å². The molecule has 7 nitrogen and oxygen atoms in total. The summed E-state index contributed by atoms with van der Waals surface area (Å²) in [7, 11) is 0. The number of fused-ring (bicyclic) bond motifs is 1. The van der Waals surface area contributed by atoms with Crippen LogP contribution in [-0.2, 0) is 16.1 Å². The number of anilines is 2. The van der Waals surface area contributed by atoms with E-state index in [9.17, 15) is 14.4 Å². The van der Waals surface area contributed by atoms with Crippen molar-refractivity contribution in [2.24, 2.45) is 0 Å². The van der Waals surface area contributed by atoms with Crippen molar-refractivity contribution in [3.8, 4) is 0 Å². The van der Waals surface area contributed by atoms with Gasteiger partial charge in [-0.2, -0.15) is 0 Å². The summed E-state index contributed by atoms with van der Waals surface area (Å²) in [6.45, 7) is 3.17. The van der Waals surface area contributed by atoms with Gasteiger partial charge in [-0.25, -0.2) is 4.98 Å². The summed E-state index contributed by atoms with van der Waals surface area (Å²) in [5.41, 5.74) is 2.51. The average molecular weight is 350 g/mol. The van der Waals surface area contributed by atoms with Crippen molar-refractivity contribution in [3.05, 3.63) is 64.7 Å². The summed E-state index contributed by atoms with van der Waals surface area (Å²) in [5, 5.41) is 5.85. The van der Waals surface area contributed by atoms with Crippen LogP contribution >= 0.6 is 0 Å². The lowest BCUT2D eigenvalue weighted by molar-refractivity contribution is -0.117. The van der Waals surface area contributed by atoms with Gasteiger partial charge in [0.2, 0.25) is 11.8 Å². The number of aryl methyl sites for hydroxylation is 1. The van der Waals surface area contributed by atoms with E-state index in [1.165, 1.54) is 17.8 Å². The van der Waals surface area contributed by atoms with Gasteiger partial charge in [0, 0.05) is 18.3 Å². The predicted molar refractivity (Wildman–Crippen MR) is 100 cm³/mol. The number of carbonyl (C=O) groups excluding carboxylic acids is 2. The number of rotatable bonds is 4. The van der Waals surface area contributed by atoms with Gasteiger partial charge in [0.1, 0.15) is 6.54 Å². The number of nitrogens with zero attached hydrogens (tertiary/aromatic N) is 2. The van der Waals surface area contributed by atoms with Crippen LogP contribution in [0.25, 0.3) is 10.9 Å². The van der Waals surface area contributed by atoms with Crippen LogP contribution in [0, 0.1) is 6.92 Å². The van der Waals surface area contributed by atoms with Crippen LogP contribution in [0.1, 0.15) is 12.5 Å². The molecular weight excluding hydrogens is 332 g/mol. The Kier molecular flexibility index (Phi) is 4.79. The third-order valence-electron chi connectivity index (χ3n) is 3.86. The maximum atomic E-state index is 12.5. The molecular formula is C19H18N4O3. The van der Waals surface area contributed by atoms with Crippen molar-refractivity contribution < 1.29 is 9.59 Å². The molecule has 2 amide bonds. The molecule has 0 bridgehead atoms. The largest absolute Gasteiger partial charge is 0.326 e. The molecule has 132 valence electrons. The lowest BCUT2D eigenvalue weighted by atomic mass is 10.1. The van der Waals surface area contributed by atoms with Crippen molar-refractivity contribution in [1.29, 1.82) is 0 Å². The first-order valence-corrected chi connectivity index (χ1v) is 8.06. The van der Waals surface area contributed by atoms with Gasteiger partial charge in [-0.05, 0) is 42.8 Å². The third-order valence-corrected chi connectivity index (χ3v) is 3.86. The van der Waals surface area contributed by atoms with E-state index in [1.54, 1.807) is 36.4 Å². The Hall–Kier alpha value is -3.48. The van der Waals surface area contributed by atoms with E-state index in [0.717, 1.165) is 5.56 Å². The smallest absolute Gasteiger partial charge is 0.261 e. The fraction of sp³-hybridized carbons (Fsp3) is 0.158. The molecule has 3 aromatic rings. The maximum absolute atomic E-state index is 12.5. The van der Waals surface area contributed by atoms with Gasteiger partial charge in [-0.3, -0.25) is 19.0 Å². The molecule has 0 aliphatic heterocycles. The first-order valence-electron chi connectivity index (χ1n) is 8.06. The molecule has 0 radical (unpaired) electrons. The second-order valence-corrected chi connectivity index (χ2v) is 5.96. The quantitative estimate of drug-likeness (QED) is 0.755. The third kappa shape index (κ3) is 3.77. The number of benzene rings is 2. The molecule has 2 N–H and O–H groups in total. The van der Waals surface area contributed by atoms with Crippen LogP contribution in [-0.4, -0.2) is 21.4 Å². The van der Waals surface area contributed by atoms with E-state index in [-0.39, 0.29) is 23.9 Å². The zero-order valence-corrected chi connectivity index (χ0v) is 14.4. The number of aromatic nitrogens is 2. The number of nitrogens with one attached hydrogen (secondary N) is 2. The summed E-state index contributed by atoms with van der Waals surface area (Å²) in [4.78, 5) is 40.0. The summed E-state index contributed by atoms with van der Waals surface area (Å²) >= 11 is 0. The van der Waals surface area contributed by atoms with Crippen LogP contribution in [0.4, 0.5) is 11.4 Å². The molecule has 1 heterocycles. The molecule has 0 unspecified atom stereocenters. The Morgan fingerprint density at radius 1 is 1.04 bits per heavy atom. The summed E-state index contributed by atoms with van der Waals surface area (Å²) in [5.74, 6) is -0.506. The topological polar surface area (TPSA) is 93.1 Å². The molecule has 0 saturated carbocycles. The minimum atomic E-state index is -0.340. The average Bonchev–Trinajstić information content (AvgIpc) is 2.59. The summed E-state index contributed by atoms with van der Waals surface area (Å²) in [6.07, 6.45) is 1.39. The van der Waals surface area contributed by atoms with Crippen LogP contribution < -0.4 is 16.2 Å². The number of hydrogen-bond acceptors (Lipinski definition) is 4. The van der Waals surface area contributed by atoms with Crippen LogP contribution in [0.15, 0.2) is 53.6 Å². The number of amides is 2. The van der Waals surface area contributed by atoms with Crippen LogP contribution in [0.2, 0.25) is 0 Å². The second-order valence-electron chi connectivity index (χ2n) is 5.96. The van der Waals surface area contributed by atoms with Gasteiger partial charge in [0.05, 0.1) is 17.2 Å². The fourth-order valence-electron chi connectivity index (χ4n) is 2.65. The zero-order valence-electron chi connectivity index (χ0n) is 14.4. The Balaban J connectivity index is 1.74. The molecule has 7 heteroatoms. The van der Waals surface area contributed by atoms with Crippen molar-refractivity contribution in [3.63, 3.8) is 0 Å². The molecule has 1 aromatic heterocycles. The molecule has 3 rings (SSSR count). The second kappa shape index (κ2) is 7.18. The van der Waals surface area contributed by atoms with Crippen molar-refractivity contribution in [2.45, 2.75) is 20.4 Å². The fourth-order valence-corrected chi connectivity index (χ4v) is 2.65. The number of hydrogen-bond donors (Lipinski definition) is 2. The predicted octanol–water partition coefficient (Wildman–Crippen LogP) is 2.30. The molecule has 2 aromatic carbocycles. The summed E-state index contributed by atoms with van der Waals surface area (Å²) < 4.78 is 1.28. The van der Waals surface area contributed by atoms with Crippen molar-refractivity contribution in [1.82, 2.24) is 9.55 Å². The summed E-state index contributed by atoms with van der Waals surface area (Å²) in [6, 6.07) is 12.1. The normalized spacial score (nSPS) is 10.5. The first-order chi connectivity index (χ1) is 12.4. The van der Waals surface area contributed by atoms with Gasteiger partial charge in [-0.15, -0.1) is 0 Å². The molecule has 0 aliphatic rings. The molecule has 0 spiro atoms. The molecule has 0 fully saturated rings. The first kappa shape index (κ1) is 17.3. The van der Waals surface area contributed by atoms with Gasteiger partial charge >= 0.3 is 0 Å². The zero-order chi connectivity index (χ0) is 18.7. The highest BCUT2D eigenvalue weighted by Crippen LogP contribution is 2.14. The standard InChI is InChI=1S/C19H18N4O3/c1-12-4-3-5-16-18(12)20-11-23(19(16)26)10-17(25)22-15-8-6-14(7-9-15)21-13(2)24/h3-9,11H,10H2,1-2H3,(H,21,24)(H,22,25). The van der Waals surface area contributed by atoms with E-state index >= 15 is 0 Å². The Labute approximate surface area is 149 Å². The minimum Gasteiger partial charge on any atom is -0.326 e. The molecule has 26 heavy (non-hydrogen) atoms. The minimum absolute atomic E-state index is 0.136. The van der Waals surface area contributed by atoms with Crippen LogP contribution in [0.3, 0.4) is 0 Å². The van der Waals surface area contributed by atoms with E-state index in [2.05, 4.69) is 15.6 Å². The van der Waals surface area contributed by atoms with E-state index in [1.807, 2.05) is 13.0 Å². The van der Waals surface area contributed by atoms with Gasteiger partial charge in [0.25, 0.3) is 5.56 Å². The molecule has 0 aliphatic carbocycles. The highest BCUT2D eigenvalue weighted by atomic mass is 16.2. The highest BCUT2D eigenvalue weighted by molar-refractivity contribution is 5.92. The van der Waals surface area contributed by atoms with E-state index < -0.39 is 0 Å². The lowest BCUT2D eigenvalue weighted by Gasteiger charge is -2.09. The van der Waals surface area contributed by atoms with Gasteiger partial charge in [-0.1, -0.05) is 12.1 Å². The van der Waals surface area contributed by atoms with Crippen LogP contribution in [0.5, 0.6) is 0 Å². The SMILES string of the molecule is CC(=O)Nc1ccc(NC(=O)Cn2cnc3c(C)cccc3c2=O)cc1. The van der Waals surface area contributed by atoms with Gasteiger partial charge in [0.15, 0.2) is 0 Å². The number of para-hydroxylation sites is 1. The van der Waals surface area contributed by atoms with Crippen molar-refractivity contribution in [2.75, 3.05) is 10.6 Å². The monoisotopic (exact) mass is 350 g/mol. The van der Waals surface area contributed by atoms with Gasteiger partial charge < -0.3 is 10.6 Å². The highest BCUT2D eigenvalue weighted by Gasteiger charge is 2.09. The van der Waals surface area contributed by atoms with E-state index in [0.29, 0.717) is 22.3 Å². The van der Waals surface area contributed by atoms with E-state index in [4.69, 9.17) is 0 Å². The number of carbonyl (C=O) groups is 2. The Bertz CT molecular complexity index is 1040. The Morgan fingerprint density at radius 2 is 1.69 bits per heavy atom. The Morgan fingerprint density at radius 3 is 2.35 bits per heavy atom. The lowest BCUT2D eigenvalue weighted by Crippen LogP contribution is -2.28. The maximum Gasteiger partial charge on any atom is 0.261 e. The molecule has 0 saturated heterocycles. The molecule has 0 atom stereocenters.